The minimum Gasteiger partial charge on any atom is -0.449 e. The number of imide groups is 1. The third-order valence-corrected chi connectivity index (χ3v) is 1.98. The van der Waals surface area contributed by atoms with Gasteiger partial charge in [0.1, 0.15) is 0 Å². The molecule has 0 spiro atoms. The number of hydrogen-bond donors (Lipinski definition) is 1. The quantitative estimate of drug-likeness (QED) is 0.501. The first kappa shape index (κ1) is 12.5. The lowest BCUT2D eigenvalue weighted by atomic mass is 10.1. The van der Waals surface area contributed by atoms with E-state index in [-0.39, 0.29) is 6.61 Å². The van der Waals surface area contributed by atoms with E-state index in [1.165, 1.54) is 5.56 Å². The fourth-order valence-electron chi connectivity index (χ4n) is 1.20. The Kier molecular flexibility index (Phi) is 5.36. The first-order valence-corrected chi connectivity index (χ1v) is 5.23. The van der Waals surface area contributed by atoms with E-state index >= 15 is 0 Å². The zero-order valence-corrected chi connectivity index (χ0v) is 9.37. The van der Waals surface area contributed by atoms with Crippen LogP contribution in [0.1, 0.15) is 12.0 Å². The predicted octanol–water partition coefficient (Wildman–Crippen LogP) is 2.70. The highest BCUT2D eigenvalue weighted by Crippen LogP contribution is 2.02. The fourth-order valence-corrected chi connectivity index (χ4v) is 1.28. The number of amides is 2. The van der Waals surface area contributed by atoms with Crippen molar-refractivity contribution >= 4 is 23.1 Å². The molecule has 0 bridgehead atoms. The molecular formula is C11H12ClNO3. The van der Waals surface area contributed by atoms with Crippen LogP contribution in [0.15, 0.2) is 30.3 Å². The third-order valence-electron chi connectivity index (χ3n) is 1.89. The molecule has 1 aromatic carbocycles. The Bertz CT molecular complexity index is 354. The molecule has 86 valence electrons. The van der Waals surface area contributed by atoms with Gasteiger partial charge in [-0.15, -0.1) is 0 Å². The normalized spacial score (nSPS) is 9.56. The minimum absolute atomic E-state index is 0.255. The second-order valence-electron chi connectivity index (χ2n) is 3.12. The van der Waals surface area contributed by atoms with Gasteiger partial charge in [-0.05, 0) is 30.0 Å². The Hall–Kier alpha value is -1.55. The molecule has 0 fully saturated rings. The molecular weight excluding hydrogens is 230 g/mol. The van der Waals surface area contributed by atoms with E-state index < -0.39 is 11.5 Å². The molecule has 1 aromatic rings. The molecule has 0 saturated carbocycles. The van der Waals surface area contributed by atoms with Crippen LogP contribution in [0.2, 0.25) is 0 Å². The Morgan fingerprint density at radius 1 is 1.25 bits per heavy atom. The van der Waals surface area contributed by atoms with Crippen molar-refractivity contribution in [3.63, 3.8) is 0 Å². The van der Waals surface area contributed by atoms with Gasteiger partial charge in [0.2, 0.25) is 0 Å². The second kappa shape index (κ2) is 6.85. The Morgan fingerprint density at radius 3 is 2.56 bits per heavy atom. The average molecular weight is 242 g/mol. The number of ether oxygens (including phenoxy) is 1. The van der Waals surface area contributed by atoms with Crippen molar-refractivity contribution in [1.29, 1.82) is 0 Å². The lowest BCUT2D eigenvalue weighted by molar-refractivity contribution is 0.147. The van der Waals surface area contributed by atoms with Crippen molar-refractivity contribution in [2.75, 3.05) is 6.61 Å². The van der Waals surface area contributed by atoms with Gasteiger partial charge < -0.3 is 4.74 Å². The van der Waals surface area contributed by atoms with E-state index in [1.54, 1.807) is 5.32 Å². The van der Waals surface area contributed by atoms with Crippen LogP contribution in [-0.4, -0.2) is 18.1 Å². The van der Waals surface area contributed by atoms with Crippen molar-refractivity contribution in [3.8, 4) is 0 Å². The SMILES string of the molecule is O=C(Cl)NC(=O)OCCCc1ccccc1. The van der Waals surface area contributed by atoms with Crippen LogP contribution in [0.3, 0.4) is 0 Å². The number of aryl methyl sites for hydroxylation is 1. The topological polar surface area (TPSA) is 55.4 Å². The van der Waals surface area contributed by atoms with Crippen LogP contribution >= 0.6 is 11.6 Å². The van der Waals surface area contributed by atoms with Gasteiger partial charge in [0, 0.05) is 0 Å². The summed E-state index contributed by atoms with van der Waals surface area (Å²) in [6.45, 7) is 0.255. The molecule has 0 aliphatic carbocycles. The molecule has 1 N–H and O–H groups in total. The third kappa shape index (κ3) is 5.36. The van der Waals surface area contributed by atoms with Gasteiger partial charge in [0.05, 0.1) is 6.61 Å². The molecule has 0 heterocycles. The Morgan fingerprint density at radius 2 is 1.94 bits per heavy atom. The van der Waals surface area contributed by atoms with E-state index in [4.69, 9.17) is 16.3 Å². The highest BCUT2D eigenvalue weighted by Gasteiger charge is 2.04. The molecule has 0 aromatic heterocycles. The maximum absolute atomic E-state index is 10.8. The summed E-state index contributed by atoms with van der Waals surface area (Å²) in [7, 11) is 0. The second-order valence-corrected chi connectivity index (χ2v) is 3.47. The van der Waals surface area contributed by atoms with Crippen molar-refractivity contribution in [2.24, 2.45) is 0 Å². The molecule has 1 rings (SSSR count). The zero-order valence-electron chi connectivity index (χ0n) is 8.61. The summed E-state index contributed by atoms with van der Waals surface area (Å²) in [4.78, 5) is 21.1. The summed E-state index contributed by atoms with van der Waals surface area (Å²) in [5, 5.41) is 0.870. The maximum atomic E-state index is 10.8. The molecule has 0 aliphatic rings. The van der Waals surface area contributed by atoms with Gasteiger partial charge in [-0.3, -0.25) is 4.79 Å². The van der Waals surface area contributed by atoms with Gasteiger partial charge >= 0.3 is 11.5 Å². The molecule has 0 unspecified atom stereocenters. The summed E-state index contributed by atoms with van der Waals surface area (Å²) >= 11 is 4.93. The Balaban J connectivity index is 2.13. The van der Waals surface area contributed by atoms with E-state index in [1.807, 2.05) is 30.3 Å². The van der Waals surface area contributed by atoms with Crippen LogP contribution in [0, 0.1) is 0 Å². The lowest BCUT2D eigenvalue weighted by Gasteiger charge is -2.03. The molecule has 2 amide bonds. The van der Waals surface area contributed by atoms with E-state index in [2.05, 4.69) is 0 Å². The van der Waals surface area contributed by atoms with E-state index in [0.717, 1.165) is 6.42 Å². The largest absolute Gasteiger partial charge is 0.449 e. The average Bonchev–Trinajstić information content (AvgIpc) is 2.25. The number of rotatable bonds is 4. The molecule has 0 atom stereocenters. The molecule has 16 heavy (non-hydrogen) atoms. The number of hydrogen-bond acceptors (Lipinski definition) is 3. The predicted molar refractivity (Wildman–Crippen MR) is 60.5 cm³/mol. The maximum Gasteiger partial charge on any atom is 0.414 e. The van der Waals surface area contributed by atoms with Crippen LogP contribution in [0.25, 0.3) is 0 Å². The van der Waals surface area contributed by atoms with Gasteiger partial charge in [-0.25, -0.2) is 10.1 Å². The number of alkyl carbamates (subject to hydrolysis) is 1. The summed E-state index contributed by atoms with van der Waals surface area (Å²) in [6.07, 6.45) is 0.713. The van der Waals surface area contributed by atoms with Crippen molar-refractivity contribution in [3.05, 3.63) is 35.9 Å². The first-order valence-electron chi connectivity index (χ1n) is 4.85. The lowest BCUT2D eigenvalue weighted by Crippen LogP contribution is -2.26. The number of halogens is 1. The standard InChI is InChI=1S/C11H12ClNO3/c12-10(14)13-11(15)16-8-4-7-9-5-2-1-3-6-9/h1-3,5-6H,4,7-8H2,(H,13,14,15). The Labute approximate surface area is 98.5 Å². The van der Waals surface area contributed by atoms with Gasteiger partial charge in [0.15, 0.2) is 0 Å². The van der Waals surface area contributed by atoms with Gasteiger partial charge in [-0.2, -0.15) is 0 Å². The molecule has 0 saturated heterocycles. The summed E-state index contributed by atoms with van der Waals surface area (Å²) < 4.78 is 4.72. The van der Waals surface area contributed by atoms with Crippen molar-refractivity contribution < 1.29 is 14.3 Å². The number of carbonyl (C=O) groups excluding carboxylic acids is 2. The van der Waals surface area contributed by atoms with Crippen LogP contribution < -0.4 is 5.32 Å². The van der Waals surface area contributed by atoms with E-state index in [0.29, 0.717) is 6.42 Å². The van der Waals surface area contributed by atoms with Crippen LogP contribution in [0.5, 0.6) is 0 Å². The summed E-state index contributed by atoms with van der Waals surface area (Å²) in [5.41, 5.74) is 1.18. The molecule has 5 heteroatoms. The summed E-state index contributed by atoms with van der Waals surface area (Å²) in [5.74, 6) is 0. The fraction of sp³-hybridized carbons (Fsp3) is 0.273. The van der Waals surface area contributed by atoms with Crippen molar-refractivity contribution in [2.45, 2.75) is 12.8 Å². The summed E-state index contributed by atoms with van der Waals surface area (Å²) in [6, 6.07) is 9.86. The monoisotopic (exact) mass is 241 g/mol. The van der Waals surface area contributed by atoms with Crippen LogP contribution in [0.4, 0.5) is 9.59 Å². The molecule has 4 nitrogen and oxygen atoms in total. The molecule has 0 aliphatic heterocycles. The highest BCUT2D eigenvalue weighted by molar-refractivity contribution is 6.64. The van der Waals surface area contributed by atoms with Gasteiger partial charge in [-0.1, -0.05) is 30.3 Å². The minimum atomic E-state index is -0.937. The van der Waals surface area contributed by atoms with Gasteiger partial charge in [0.25, 0.3) is 0 Å². The molecule has 0 radical (unpaired) electrons. The highest BCUT2D eigenvalue weighted by atomic mass is 35.5. The van der Waals surface area contributed by atoms with E-state index in [9.17, 15) is 9.59 Å². The smallest absolute Gasteiger partial charge is 0.414 e. The van der Waals surface area contributed by atoms with Crippen molar-refractivity contribution in [1.82, 2.24) is 5.32 Å². The number of benzene rings is 1. The first-order chi connectivity index (χ1) is 7.68. The number of nitrogens with one attached hydrogen (secondary N) is 1. The van der Waals surface area contributed by atoms with Crippen LogP contribution in [-0.2, 0) is 11.2 Å². The number of carbonyl (C=O) groups is 2. The zero-order chi connectivity index (χ0) is 11.8.